The summed E-state index contributed by atoms with van der Waals surface area (Å²) in [5.74, 6) is 0.311. The summed E-state index contributed by atoms with van der Waals surface area (Å²) in [5.41, 5.74) is 2.27. The number of nitrogens with zero attached hydrogens (tertiary/aromatic N) is 2. The number of benzene rings is 2. The lowest BCUT2D eigenvalue weighted by molar-refractivity contribution is 0.0740. The molecule has 0 bridgehead atoms. The highest BCUT2D eigenvalue weighted by molar-refractivity contribution is 5.97. The fourth-order valence-corrected chi connectivity index (χ4v) is 3.91. The lowest BCUT2D eigenvalue weighted by Crippen LogP contribution is -2.40. The van der Waals surface area contributed by atoms with Crippen molar-refractivity contribution in [2.75, 3.05) is 33.2 Å². The van der Waals surface area contributed by atoms with Crippen molar-refractivity contribution in [3.8, 4) is 0 Å². The first kappa shape index (κ1) is 21.2. The van der Waals surface area contributed by atoms with E-state index in [1.807, 2.05) is 13.1 Å². The molecule has 0 N–H and O–H groups in total. The maximum absolute atomic E-state index is 13.3. The number of carbonyl (C=O) groups is 2. The summed E-state index contributed by atoms with van der Waals surface area (Å²) >= 11 is 0. The molecule has 2 aromatic rings. The third-order valence-corrected chi connectivity index (χ3v) is 5.73. The van der Waals surface area contributed by atoms with Crippen LogP contribution in [0.15, 0.2) is 48.5 Å². The van der Waals surface area contributed by atoms with E-state index in [1.54, 1.807) is 41.3 Å². The maximum atomic E-state index is 13.3. The van der Waals surface area contributed by atoms with Crippen molar-refractivity contribution in [2.24, 2.45) is 5.92 Å². The van der Waals surface area contributed by atoms with Crippen molar-refractivity contribution in [1.82, 2.24) is 9.80 Å². The van der Waals surface area contributed by atoms with E-state index < -0.39 is 0 Å². The number of piperidine rings is 1. The van der Waals surface area contributed by atoms with Crippen LogP contribution in [0.25, 0.3) is 0 Å². The first-order chi connectivity index (χ1) is 13.9. The Morgan fingerprint density at radius 1 is 1.07 bits per heavy atom. The predicted octanol–water partition coefficient (Wildman–Crippen LogP) is 4.06. The molecule has 0 spiro atoms. The second kappa shape index (κ2) is 9.79. The van der Waals surface area contributed by atoms with Crippen molar-refractivity contribution in [2.45, 2.75) is 26.2 Å². The topological polar surface area (TPSA) is 40.6 Å². The molecule has 0 aromatic heterocycles. The predicted molar refractivity (Wildman–Crippen MR) is 113 cm³/mol. The first-order valence-electron chi connectivity index (χ1n) is 10.3. The highest BCUT2D eigenvalue weighted by atomic mass is 19.1. The average Bonchev–Trinajstić information content (AvgIpc) is 2.73. The lowest BCUT2D eigenvalue weighted by atomic mass is 9.95. The van der Waals surface area contributed by atoms with Gasteiger partial charge in [0.25, 0.3) is 5.91 Å². The van der Waals surface area contributed by atoms with E-state index in [1.165, 1.54) is 13.0 Å². The minimum atomic E-state index is -0.176. The van der Waals surface area contributed by atoms with Gasteiger partial charge in [-0.05, 0) is 75.0 Å². The molecule has 0 atom stereocenters. The average molecular weight is 397 g/mol. The Balaban J connectivity index is 1.43. The fraction of sp³-hybridized carbons (Fsp3) is 0.417. The van der Waals surface area contributed by atoms with Gasteiger partial charge in [0.15, 0.2) is 5.78 Å². The van der Waals surface area contributed by atoms with Crippen molar-refractivity contribution < 1.29 is 14.0 Å². The van der Waals surface area contributed by atoms with E-state index in [0.29, 0.717) is 17.0 Å². The van der Waals surface area contributed by atoms with E-state index in [0.717, 1.165) is 51.0 Å². The van der Waals surface area contributed by atoms with Gasteiger partial charge in [0, 0.05) is 31.3 Å². The number of ketones is 1. The molecule has 1 heterocycles. The molecule has 0 radical (unpaired) electrons. The van der Waals surface area contributed by atoms with Gasteiger partial charge in [0.1, 0.15) is 5.82 Å². The molecule has 3 rings (SSSR count). The van der Waals surface area contributed by atoms with Crippen molar-refractivity contribution in [3.63, 3.8) is 0 Å². The molecule has 29 heavy (non-hydrogen) atoms. The zero-order chi connectivity index (χ0) is 20.8. The summed E-state index contributed by atoms with van der Waals surface area (Å²) in [6, 6.07) is 13.7. The van der Waals surface area contributed by atoms with Crippen LogP contribution in [-0.2, 0) is 6.42 Å². The Labute approximate surface area is 172 Å². The molecule has 1 aliphatic heterocycles. The van der Waals surface area contributed by atoms with Crippen LogP contribution >= 0.6 is 0 Å². The van der Waals surface area contributed by atoms with Gasteiger partial charge >= 0.3 is 0 Å². The van der Waals surface area contributed by atoms with Crippen molar-refractivity contribution in [3.05, 3.63) is 71.0 Å². The molecule has 5 heteroatoms. The monoisotopic (exact) mass is 396 g/mol. The summed E-state index contributed by atoms with van der Waals surface area (Å²) in [5, 5.41) is 0. The Hall–Kier alpha value is -2.53. The van der Waals surface area contributed by atoms with Crippen LogP contribution in [-0.4, -0.2) is 54.7 Å². The largest absolute Gasteiger partial charge is 0.341 e. The second-order valence-corrected chi connectivity index (χ2v) is 7.98. The molecule has 154 valence electrons. The highest BCUT2D eigenvalue weighted by Crippen LogP contribution is 2.19. The summed E-state index contributed by atoms with van der Waals surface area (Å²) in [7, 11) is 1.84. The zero-order valence-electron chi connectivity index (χ0n) is 17.2. The Morgan fingerprint density at radius 2 is 1.72 bits per heavy atom. The van der Waals surface area contributed by atoms with Crippen LogP contribution in [0.2, 0.25) is 0 Å². The van der Waals surface area contributed by atoms with Crippen LogP contribution in [0.3, 0.4) is 0 Å². The number of hydrogen-bond acceptors (Lipinski definition) is 3. The van der Waals surface area contributed by atoms with Crippen LogP contribution in [0.4, 0.5) is 4.39 Å². The van der Waals surface area contributed by atoms with Crippen molar-refractivity contribution >= 4 is 11.7 Å². The minimum Gasteiger partial charge on any atom is -0.341 e. The Kier molecular flexibility index (Phi) is 7.15. The minimum absolute atomic E-state index is 0.00140. The summed E-state index contributed by atoms with van der Waals surface area (Å²) < 4.78 is 13.3. The van der Waals surface area contributed by atoms with Gasteiger partial charge in [-0.25, -0.2) is 4.39 Å². The van der Waals surface area contributed by atoms with E-state index in [4.69, 9.17) is 0 Å². The number of likely N-dealkylation sites (tertiary alicyclic amines) is 1. The van der Waals surface area contributed by atoms with Crippen LogP contribution in [0.5, 0.6) is 0 Å². The maximum Gasteiger partial charge on any atom is 0.253 e. The van der Waals surface area contributed by atoms with Gasteiger partial charge in [-0.2, -0.15) is 0 Å². The number of hydrogen-bond donors (Lipinski definition) is 0. The van der Waals surface area contributed by atoms with Crippen LogP contribution < -0.4 is 0 Å². The van der Waals surface area contributed by atoms with E-state index in [9.17, 15) is 14.0 Å². The zero-order valence-corrected chi connectivity index (χ0v) is 17.2. The number of rotatable bonds is 7. The number of amides is 1. The molecular formula is C24H29FN2O2. The lowest BCUT2D eigenvalue weighted by Gasteiger charge is -2.34. The summed E-state index contributed by atoms with van der Waals surface area (Å²) in [6.07, 6.45) is 2.98. The molecule has 1 saturated heterocycles. The molecule has 0 aliphatic carbocycles. The quantitative estimate of drug-likeness (QED) is 0.663. The molecule has 1 fully saturated rings. The van der Waals surface area contributed by atoms with Gasteiger partial charge in [-0.3, -0.25) is 9.59 Å². The second-order valence-electron chi connectivity index (χ2n) is 7.98. The third kappa shape index (κ3) is 5.97. The third-order valence-electron chi connectivity index (χ3n) is 5.73. The first-order valence-corrected chi connectivity index (χ1v) is 10.3. The van der Waals surface area contributed by atoms with E-state index in [-0.39, 0.29) is 17.5 Å². The van der Waals surface area contributed by atoms with E-state index in [2.05, 4.69) is 4.90 Å². The fourth-order valence-electron chi connectivity index (χ4n) is 3.91. The SMILES string of the molecule is CC(=O)c1ccc(C(=O)N(C)CC2CCN(CCc3cccc(F)c3)CC2)cc1. The van der Waals surface area contributed by atoms with Crippen molar-refractivity contribution in [1.29, 1.82) is 0 Å². The molecule has 0 unspecified atom stereocenters. The molecular weight excluding hydrogens is 367 g/mol. The Morgan fingerprint density at radius 3 is 2.34 bits per heavy atom. The molecule has 4 nitrogen and oxygen atoms in total. The molecule has 2 aromatic carbocycles. The molecule has 1 amide bonds. The van der Waals surface area contributed by atoms with Gasteiger partial charge in [-0.1, -0.05) is 24.3 Å². The van der Waals surface area contributed by atoms with Gasteiger partial charge in [0.05, 0.1) is 0 Å². The number of halogens is 1. The van der Waals surface area contributed by atoms with E-state index >= 15 is 0 Å². The summed E-state index contributed by atoms with van der Waals surface area (Å²) in [6.45, 7) is 5.22. The molecule has 0 saturated carbocycles. The van der Waals surface area contributed by atoms with Crippen LogP contribution in [0, 0.1) is 11.7 Å². The number of carbonyl (C=O) groups excluding carboxylic acids is 2. The normalized spacial score (nSPS) is 15.3. The number of Topliss-reactive ketones (excluding diaryl/α,β-unsaturated/α-hetero) is 1. The van der Waals surface area contributed by atoms with Gasteiger partial charge in [0.2, 0.25) is 0 Å². The van der Waals surface area contributed by atoms with Gasteiger partial charge < -0.3 is 9.80 Å². The standard InChI is InChI=1S/C24H29FN2O2/c1-18(28)21-6-8-22(9-7-21)24(29)26(2)17-20-11-14-27(15-12-20)13-10-19-4-3-5-23(25)16-19/h3-9,16,20H,10-15,17H2,1-2H3. The Bertz CT molecular complexity index is 842. The smallest absolute Gasteiger partial charge is 0.253 e. The summed E-state index contributed by atoms with van der Waals surface area (Å²) in [4.78, 5) is 28.2. The molecule has 1 aliphatic rings. The highest BCUT2D eigenvalue weighted by Gasteiger charge is 2.22. The van der Waals surface area contributed by atoms with Gasteiger partial charge in [-0.15, -0.1) is 0 Å². The van der Waals surface area contributed by atoms with Crippen LogP contribution in [0.1, 0.15) is 46.0 Å².